The Morgan fingerprint density at radius 1 is 1.00 bits per heavy atom. The van der Waals surface area contributed by atoms with E-state index in [9.17, 15) is 9.18 Å². The summed E-state index contributed by atoms with van der Waals surface area (Å²) in [5.41, 5.74) is 7.48. The maximum absolute atomic E-state index is 13.0. The van der Waals surface area contributed by atoms with E-state index in [0.717, 1.165) is 16.8 Å². The predicted octanol–water partition coefficient (Wildman–Crippen LogP) is 5.92. The van der Waals surface area contributed by atoms with Gasteiger partial charge in [0.2, 0.25) is 0 Å². The Kier molecular flexibility index (Phi) is 7.64. The molecule has 36 heavy (non-hydrogen) atoms. The lowest BCUT2D eigenvalue weighted by Gasteiger charge is -2.19. The van der Waals surface area contributed by atoms with Gasteiger partial charge in [0.25, 0.3) is 5.91 Å². The zero-order chi connectivity index (χ0) is 25.7. The van der Waals surface area contributed by atoms with E-state index in [1.807, 2.05) is 35.8 Å². The quantitative estimate of drug-likeness (QED) is 0.194. The van der Waals surface area contributed by atoms with Gasteiger partial charge in [0, 0.05) is 11.3 Å². The molecule has 0 unspecified atom stereocenters. The van der Waals surface area contributed by atoms with Gasteiger partial charge in [-0.25, -0.2) is 9.82 Å². The predicted molar refractivity (Wildman–Crippen MR) is 143 cm³/mol. The summed E-state index contributed by atoms with van der Waals surface area (Å²) in [7, 11) is 0. The molecule has 0 bridgehead atoms. The van der Waals surface area contributed by atoms with Gasteiger partial charge in [-0.3, -0.25) is 9.36 Å². The van der Waals surface area contributed by atoms with E-state index in [0.29, 0.717) is 16.5 Å². The molecular formula is C28H28FN5OS. The topological polar surface area (TPSA) is 72.2 Å². The van der Waals surface area contributed by atoms with Crippen LogP contribution < -0.4 is 5.43 Å². The number of hydrogen-bond acceptors (Lipinski definition) is 5. The van der Waals surface area contributed by atoms with Crippen molar-refractivity contribution in [3.8, 4) is 17.1 Å². The van der Waals surface area contributed by atoms with Crippen molar-refractivity contribution in [3.63, 3.8) is 0 Å². The maximum Gasteiger partial charge on any atom is 0.250 e. The first kappa shape index (κ1) is 25.3. The van der Waals surface area contributed by atoms with Gasteiger partial charge in [-0.05, 0) is 47.7 Å². The molecule has 0 saturated carbocycles. The second kappa shape index (κ2) is 10.9. The number of aromatic nitrogens is 3. The number of rotatable bonds is 7. The van der Waals surface area contributed by atoms with Crippen LogP contribution in [0, 0.1) is 12.7 Å². The lowest BCUT2D eigenvalue weighted by molar-refractivity contribution is -0.118. The van der Waals surface area contributed by atoms with Crippen LogP contribution in [0.3, 0.4) is 0 Å². The fourth-order valence-electron chi connectivity index (χ4n) is 3.49. The van der Waals surface area contributed by atoms with E-state index in [1.165, 1.54) is 35.7 Å². The molecule has 4 aromatic rings. The first-order chi connectivity index (χ1) is 17.2. The molecule has 8 heteroatoms. The van der Waals surface area contributed by atoms with Crippen LogP contribution in [0.25, 0.3) is 17.1 Å². The Bertz CT molecular complexity index is 1360. The highest BCUT2D eigenvalue weighted by Gasteiger charge is 2.19. The van der Waals surface area contributed by atoms with Gasteiger partial charge in [-0.15, -0.1) is 10.2 Å². The Balaban J connectivity index is 1.53. The van der Waals surface area contributed by atoms with Crippen LogP contribution in [0.1, 0.15) is 37.5 Å². The number of nitrogens with zero attached hydrogens (tertiary/aromatic N) is 4. The van der Waals surface area contributed by atoms with Crippen molar-refractivity contribution < 1.29 is 9.18 Å². The van der Waals surface area contributed by atoms with Crippen LogP contribution in [-0.2, 0) is 10.2 Å². The molecule has 0 saturated heterocycles. The van der Waals surface area contributed by atoms with Crippen molar-refractivity contribution in [2.45, 2.75) is 38.3 Å². The molecule has 1 N–H and O–H groups in total. The molecule has 1 heterocycles. The van der Waals surface area contributed by atoms with Crippen molar-refractivity contribution in [2.24, 2.45) is 5.10 Å². The molecule has 184 valence electrons. The SMILES string of the molecule is Cc1ccc(-n2c(SCC(=O)N/N=C\c3ccc(F)cc3)nnc2-c2ccc(C(C)(C)C)cc2)cc1. The average Bonchev–Trinajstić information content (AvgIpc) is 3.28. The minimum Gasteiger partial charge on any atom is -0.272 e. The molecule has 3 aromatic carbocycles. The smallest absolute Gasteiger partial charge is 0.250 e. The summed E-state index contributed by atoms with van der Waals surface area (Å²) in [5, 5.41) is 13.4. The highest BCUT2D eigenvalue weighted by molar-refractivity contribution is 7.99. The fraction of sp³-hybridized carbons (Fsp3) is 0.214. The Morgan fingerprint density at radius 2 is 1.67 bits per heavy atom. The van der Waals surface area contributed by atoms with Crippen molar-refractivity contribution >= 4 is 23.9 Å². The van der Waals surface area contributed by atoms with Crippen LogP contribution in [-0.4, -0.2) is 32.6 Å². The van der Waals surface area contributed by atoms with Crippen LogP contribution in [0.2, 0.25) is 0 Å². The maximum atomic E-state index is 13.0. The average molecular weight is 502 g/mol. The van der Waals surface area contributed by atoms with Gasteiger partial charge in [0.1, 0.15) is 5.82 Å². The van der Waals surface area contributed by atoms with Crippen LogP contribution in [0.5, 0.6) is 0 Å². The third kappa shape index (κ3) is 6.26. The highest BCUT2D eigenvalue weighted by Crippen LogP contribution is 2.30. The van der Waals surface area contributed by atoms with Gasteiger partial charge >= 0.3 is 0 Å². The molecule has 0 atom stereocenters. The van der Waals surface area contributed by atoms with Crippen molar-refractivity contribution in [1.29, 1.82) is 0 Å². The molecule has 0 fully saturated rings. The van der Waals surface area contributed by atoms with Gasteiger partial charge in [-0.1, -0.05) is 86.6 Å². The second-order valence-electron chi connectivity index (χ2n) is 9.44. The van der Waals surface area contributed by atoms with Gasteiger partial charge < -0.3 is 0 Å². The minimum absolute atomic E-state index is 0.0523. The first-order valence-corrected chi connectivity index (χ1v) is 12.5. The molecule has 0 aliphatic rings. The minimum atomic E-state index is -0.324. The normalized spacial score (nSPS) is 11.7. The van der Waals surface area contributed by atoms with Gasteiger partial charge in [-0.2, -0.15) is 5.10 Å². The fourth-order valence-corrected chi connectivity index (χ4v) is 4.23. The van der Waals surface area contributed by atoms with Gasteiger partial charge in [0.15, 0.2) is 11.0 Å². The molecule has 1 amide bonds. The van der Waals surface area contributed by atoms with Crippen LogP contribution in [0.4, 0.5) is 4.39 Å². The Labute approximate surface area is 214 Å². The largest absolute Gasteiger partial charge is 0.272 e. The second-order valence-corrected chi connectivity index (χ2v) is 10.4. The summed E-state index contributed by atoms with van der Waals surface area (Å²) in [6.07, 6.45) is 1.47. The number of hydrazone groups is 1. The van der Waals surface area contributed by atoms with Crippen molar-refractivity contribution in [1.82, 2.24) is 20.2 Å². The van der Waals surface area contributed by atoms with Gasteiger partial charge in [0.05, 0.1) is 12.0 Å². The van der Waals surface area contributed by atoms with Crippen molar-refractivity contribution in [3.05, 3.63) is 95.3 Å². The van der Waals surface area contributed by atoms with E-state index >= 15 is 0 Å². The lowest BCUT2D eigenvalue weighted by Crippen LogP contribution is -2.20. The molecule has 0 aliphatic heterocycles. The number of benzene rings is 3. The molecule has 1 aromatic heterocycles. The van der Waals surface area contributed by atoms with E-state index in [-0.39, 0.29) is 22.9 Å². The number of nitrogens with one attached hydrogen (secondary N) is 1. The van der Waals surface area contributed by atoms with E-state index in [2.05, 4.69) is 65.8 Å². The zero-order valence-corrected chi connectivity index (χ0v) is 21.5. The Morgan fingerprint density at radius 3 is 2.31 bits per heavy atom. The molecule has 0 spiro atoms. The number of aryl methyl sites for hydroxylation is 1. The number of carbonyl (C=O) groups excluding carboxylic acids is 1. The third-order valence-electron chi connectivity index (χ3n) is 5.54. The van der Waals surface area contributed by atoms with E-state index in [4.69, 9.17) is 0 Å². The Hall–Kier alpha value is -3.78. The molecule has 4 rings (SSSR count). The standard InChI is InChI=1S/C28H28FN5OS/c1-19-5-15-24(16-6-19)34-26(21-9-11-22(12-10-21)28(2,3)4)32-33-27(34)36-18-25(35)31-30-17-20-7-13-23(29)14-8-20/h5-17H,18H2,1-4H3,(H,31,35)/b30-17-. The molecule has 0 radical (unpaired) electrons. The lowest BCUT2D eigenvalue weighted by atomic mass is 9.87. The monoisotopic (exact) mass is 501 g/mol. The molecular weight excluding hydrogens is 473 g/mol. The number of amides is 1. The summed E-state index contributed by atoms with van der Waals surface area (Å²) in [4.78, 5) is 12.4. The molecule has 0 aliphatic carbocycles. The van der Waals surface area contributed by atoms with E-state index in [1.54, 1.807) is 12.1 Å². The van der Waals surface area contributed by atoms with Crippen molar-refractivity contribution in [2.75, 3.05) is 5.75 Å². The summed E-state index contributed by atoms with van der Waals surface area (Å²) in [5.74, 6) is 0.201. The number of thioether (sulfide) groups is 1. The zero-order valence-electron chi connectivity index (χ0n) is 20.7. The summed E-state index contributed by atoms with van der Waals surface area (Å²) < 4.78 is 15.0. The first-order valence-electron chi connectivity index (χ1n) is 11.5. The van der Waals surface area contributed by atoms with E-state index < -0.39 is 0 Å². The molecule has 6 nitrogen and oxygen atoms in total. The third-order valence-corrected chi connectivity index (χ3v) is 6.47. The van der Waals surface area contributed by atoms with Crippen LogP contribution >= 0.6 is 11.8 Å². The highest BCUT2D eigenvalue weighted by atomic mass is 32.2. The number of halogens is 1. The number of hydrogen-bond donors (Lipinski definition) is 1. The summed E-state index contributed by atoms with van der Waals surface area (Å²) in [6, 6.07) is 22.3. The summed E-state index contributed by atoms with van der Waals surface area (Å²) in [6.45, 7) is 8.58. The number of carbonyl (C=O) groups is 1. The summed E-state index contributed by atoms with van der Waals surface area (Å²) >= 11 is 1.28. The van der Waals surface area contributed by atoms with Crippen LogP contribution in [0.15, 0.2) is 83.1 Å².